The predicted molar refractivity (Wildman–Crippen MR) is 118 cm³/mol. The van der Waals surface area contributed by atoms with E-state index >= 15 is 0 Å². The molecule has 3 aromatic rings. The highest BCUT2D eigenvalue weighted by atomic mass is 16.5. The second-order valence-corrected chi connectivity index (χ2v) is 8.78. The van der Waals surface area contributed by atoms with Crippen LogP contribution in [0.3, 0.4) is 0 Å². The van der Waals surface area contributed by atoms with E-state index in [1.165, 1.54) is 6.33 Å². The van der Waals surface area contributed by atoms with Gasteiger partial charge in [-0.05, 0) is 23.1 Å². The van der Waals surface area contributed by atoms with Crippen molar-refractivity contribution in [1.82, 2.24) is 20.3 Å². The standard InChI is InChI=1S/C22H24N6O4/c1-22(2,3)7-16(29)28-14-9-23-19-18(14)25-11-26-20(19)21(31)24-8-12-4-5-15-13(6-12)27-17(30)10-32-15/h4-6,9,11,23H,7-8,10H2,1-3H3,(H,24,31)(H,27,30)(H,28,29). The van der Waals surface area contributed by atoms with Crippen LogP contribution >= 0.6 is 0 Å². The van der Waals surface area contributed by atoms with E-state index in [9.17, 15) is 14.4 Å². The lowest BCUT2D eigenvalue weighted by molar-refractivity contribution is -0.119. The number of fused-ring (bicyclic) bond motifs is 2. The Morgan fingerprint density at radius 3 is 2.81 bits per heavy atom. The van der Waals surface area contributed by atoms with Gasteiger partial charge in [-0.2, -0.15) is 0 Å². The number of rotatable bonds is 5. The number of nitrogens with zero attached hydrogens (tertiary/aromatic N) is 2. The molecule has 0 spiro atoms. The second kappa shape index (κ2) is 8.29. The van der Waals surface area contributed by atoms with Crippen molar-refractivity contribution in [3.05, 3.63) is 42.0 Å². The van der Waals surface area contributed by atoms with Crippen LogP contribution in [-0.2, 0) is 16.1 Å². The molecule has 4 rings (SSSR count). The zero-order valence-corrected chi connectivity index (χ0v) is 18.0. The molecule has 1 aliphatic heterocycles. The highest BCUT2D eigenvalue weighted by Gasteiger charge is 2.20. The smallest absolute Gasteiger partial charge is 0.272 e. The fourth-order valence-corrected chi connectivity index (χ4v) is 3.39. The predicted octanol–water partition coefficient (Wildman–Crippen LogP) is 2.59. The number of anilines is 2. The van der Waals surface area contributed by atoms with Gasteiger partial charge in [0, 0.05) is 19.2 Å². The molecule has 0 atom stereocenters. The summed E-state index contributed by atoms with van der Waals surface area (Å²) in [7, 11) is 0. The number of benzene rings is 1. The first-order valence-electron chi connectivity index (χ1n) is 10.2. The first kappa shape index (κ1) is 21.3. The molecule has 10 nitrogen and oxygen atoms in total. The molecule has 166 valence electrons. The third kappa shape index (κ3) is 4.69. The van der Waals surface area contributed by atoms with Gasteiger partial charge in [-0.1, -0.05) is 26.8 Å². The summed E-state index contributed by atoms with van der Waals surface area (Å²) in [6, 6.07) is 5.31. The first-order valence-corrected chi connectivity index (χ1v) is 10.2. The summed E-state index contributed by atoms with van der Waals surface area (Å²) in [4.78, 5) is 47.9. The van der Waals surface area contributed by atoms with Crippen LogP contribution in [0, 0.1) is 5.41 Å². The van der Waals surface area contributed by atoms with E-state index in [0.717, 1.165) is 5.56 Å². The normalized spacial score (nSPS) is 13.2. The number of hydrogen-bond donors (Lipinski definition) is 4. The number of amides is 3. The van der Waals surface area contributed by atoms with Crippen LogP contribution in [0.25, 0.3) is 11.0 Å². The van der Waals surface area contributed by atoms with Crippen molar-refractivity contribution in [3.63, 3.8) is 0 Å². The van der Waals surface area contributed by atoms with Crippen LogP contribution in [-0.4, -0.2) is 39.3 Å². The zero-order chi connectivity index (χ0) is 22.9. The average molecular weight is 436 g/mol. The van der Waals surface area contributed by atoms with Crippen molar-refractivity contribution in [3.8, 4) is 5.75 Å². The molecule has 2 aromatic heterocycles. The minimum absolute atomic E-state index is 0.0123. The fraction of sp³-hybridized carbons (Fsp3) is 0.318. The number of hydrogen-bond acceptors (Lipinski definition) is 6. The number of carbonyl (C=O) groups excluding carboxylic acids is 3. The Labute approximate surface area is 184 Å². The van der Waals surface area contributed by atoms with Gasteiger partial charge in [-0.25, -0.2) is 9.97 Å². The number of aromatic amines is 1. The van der Waals surface area contributed by atoms with Crippen molar-refractivity contribution >= 4 is 40.1 Å². The lowest BCUT2D eigenvalue weighted by atomic mass is 9.92. The molecule has 1 aromatic carbocycles. The largest absolute Gasteiger partial charge is 0.482 e. The number of H-pyrrole nitrogens is 1. The maximum atomic E-state index is 12.8. The molecular formula is C22H24N6O4. The molecule has 10 heteroatoms. The van der Waals surface area contributed by atoms with Crippen molar-refractivity contribution in [2.45, 2.75) is 33.7 Å². The van der Waals surface area contributed by atoms with Gasteiger partial charge >= 0.3 is 0 Å². The molecule has 0 saturated heterocycles. The van der Waals surface area contributed by atoms with Crippen molar-refractivity contribution < 1.29 is 19.1 Å². The summed E-state index contributed by atoms with van der Waals surface area (Å²) in [5, 5.41) is 8.40. The van der Waals surface area contributed by atoms with Crippen molar-refractivity contribution in [2.75, 3.05) is 17.2 Å². The molecule has 0 saturated carbocycles. The lowest BCUT2D eigenvalue weighted by Gasteiger charge is -2.18. The third-order valence-electron chi connectivity index (χ3n) is 4.77. The monoisotopic (exact) mass is 436 g/mol. The van der Waals surface area contributed by atoms with Crippen molar-refractivity contribution in [2.24, 2.45) is 5.41 Å². The topological polar surface area (TPSA) is 138 Å². The van der Waals surface area contributed by atoms with E-state index in [4.69, 9.17) is 4.74 Å². The van der Waals surface area contributed by atoms with E-state index in [2.05, 4.69) is 30.9 Å². The Morgan fingerprint density at radius 1 is 1.22 bits per heavy atom. The molecule has 4 N–H and O–H groups in total. The Hall–Kier alpha value is -3.95. The average Bonchev–Trinajstić information content (AvgIpc) is 3.13. The Kier molecular flexibility index (Phi) is 5.52. The molecule has 0 unspecified atom stereocenters. The lowest BCUT2D eigenvalue weighted by Crippen LogP contribution is -2.26. The molecule has 0 radical (unpaired) electrons. The summed E-state index contributed by atoms with van der Waals surface area (Å²) in [6.45, 7) is 6.16. The molecule has 0 fully saturated rings. The number of carbonyl (C=O) groups is 3. The molecule has 3 amide bonds. The van der Waals surface area contributed by atoms with Crippen LogP contribution < -0.4 is 20.7 Å². The minimum Gasteiger partial charge on any atom is -0.482 e. The molecule has 1 aliphatic rings. The summed E-state index contributed by atoms with van der Waals surface area (Å²) in [5.74, 6) is -0.167. The summed E-state index contributed by atoms with van der Waals surface area (Å²) < 4.78 is 5.34. The first-order chi connectivity index (χ1) is 15.2. The van der Waals surface area contributed by atoms with Gasteiger partial charge in [0.25, 0.3) is 11.8 Å². The van der Waals surface area contributed by atoms with Gasteiger partial charge in [0.1, 0.15) is 17.6 Å². The van der Waals surface area contributed by atoms with Gasteiger partial charge in [0.05, 0.1) is 16.9 Å². The van der Waals surface area contributed by atoms with E-state index < -0.39 is 5.91 Å². The van der Waals surface area contributed by atoms with Crippen LogP contribution in [0.4, 0.5) is 11.4 Å². The van der Waals surface area contributed by atoms with Gasteiger partial charge in [-0.15, -0.1) is 0 Å². The van der Waals surface area contributed by atoms with E-state index in [1.54, 1.807) is 18.3 Å². The molecule has 0 aliphatic carbocycles. The minimum atomic E-state index is -0.398. The van der Waals surface area contributed by atoms with E-state index in [0.29, 0.717) is 34.6 Å². The number of aromatic nitrogens is 3. The van der Waals surface area contributed by atoms with Gasteiger partial charge in [-0.3, -0.25) is 14.4 Å². The highest BCUT2D eigenvalue weighted by Crippen LogP contribution is 2.28. The molecule has 0 bridgehead atoms. The summed E-state index contributed by atoms with van der Waals surface area (Å²) >= 11 is 0. The third-order valence-corrected chi connectivity index (χ3v) is 4.77. The molecular weight excluding hydrogens is 412 g/mol. The van der Waals surface area contributed by atoms with Crippen molar-refractivity contribution in [1.29, 1.82) is 0 Å². The fourth-order valence-electron chi connectivity index (χ4n) is 3.39. The second-order valence-electron chi connectivity index (χ2n) is 8.78. The summed E-state index contributed by atoms with van der Waals surface area (Å²) in [6.07, 6.45) is 3.24. The Balaban J connectivity index is 1.47. The van der Waals surface area contributed by atoms with E-state index in [1.807, 2.05) is 26.8 Å². The zero-order valence-electron chi connectivity index (χ0n) is 18.0. The quantitative estimate of drug-likeness (QED) is 0.485. The maximum absolute atomic E-state index is 12.8. The SMILES string of the molecule is CC(C)(C)CC(=O)Nc1c[nH]c2c(C(=O)NCc3ccc4c(c3)NC(=O)CO4)ncnc12. The van der Waals surface area contributed by atoms with Gasteiger partial charge in [0.15, 0.2) is 12.3 Å². The number of nitrogens with one attached hydrogen (secondary N) is 4. The summed E-state index contributed by atoms with van der Waals surface area (Å²) in [5.41, 5.74) is 2.76. The highest BCUT2D eigenvalue weighted by molar-refractivity contribution is 6.08. The maximum Gasteiger partial charge on any atom is 0.272 e. The van der Waals surface area contributed by atoms with Crippen LogP contribution in [0.1, 0.15) is 43.2 Å². The molecule has 3 heterocycles. The number of ether oxygens (including phenoxy) is 1. The Morgan fingerprint density at radius 2 is 2.03 bits per heavy atom. The molecule has 32 heavy (non-hydrogen) atoms. The van der Waals surface area contributed by atoms with Gasteiger partial charge in [0.2, 0.25) is 5.91 Å². The van der Waals surface area contributed by atoms with Crippen LogP contribution in [0.15, 0.2) is 30.7 Å². The van der Waals surface area contributed by atoms with Crippen LogP contribution in [0.5, 0.6) is 5.75 Å². The Bertz CT molecular complexity index is 1210. The van der Waals surface area contributed by atoms with E-state index in [-0.39, 0.29) is 36.1 Å². The van der Waals surface area contributed by atoms with Crippen LogP contribution in [0.2, 0.25) is 0 Å². The van der Waals surface area contributed by atoms with Gasteiger partial charge < -0.3 is 25.7 Å².